The lowest BCUT2D eigenvalue weighted by molar-refractivity contribution is 0.556. The van der Waals surface area contributed by atoms with Gasteiger partial charge in [-0.1, -0.05) is 18.7 Å². The van der Waals surface area contributed by atoms with Gasteiger partial charge in [0.2, 0.25) is 0 Å². The Hall–Kier alpha value is -0.550. The molecule has 0 amide bonds. The highest BCUT2D eigenvalue weighted by molar-refractivity contribution is 7.99. The van der Waals surface area contributed by atoms with E-state index in [1.807, 2.05) is 0 Å². The van der Waals surface area contributed by atoms with Gasteiger partial charge in [-0.25, -0.2) is 4.98 Å². The smallest absolute Gasteiger partial charge is 0.183 e. The summed E-state index contributed by atoms with van der Waals surface area (Å²) in [5.41, 5.74) is 0. The molecule has 5 heteroatoms. The van der Waals surface area contributed by atoms with Crippen molar-refractivity contribution in [3.63, 3.8) is 0 Å². The number of aromatic nitrogens is 3. The molecule has 1 rings (SSSR count). The minimum absolute atomic E-state index is 0.584. The monoisotopic (exact) mass is 200 g/mol. The first-order valence-electron chi connectivity index (χ1n) is 4.54. The van der Waals surface area contributed by atoms with E-state index in [9.17, 15) is 0 Å². The Kier molecular flexibility index (Phi) is 4.85. The number of aromatic amines is 1. The standard InChI is InChI=1S/C8H16N4S/c1-3-9-7(2)4-5-13-8-10-6-11-12-8/h6-7,9H,3-5H2,1-2H3,(H,10,11,12). The lowest BCUT2D eigenvalue weighted by atomic mass is 10.3. The summed E-state index contributed by atoms with van der Waals surface area (Å²) in [4.78, 5) is 4.03. The van der Waals surface area contributed by atoms with Gasteiger partial charge in [-0.3, -0.25) is 5.10 Å². The van der Waals surface area contributed by atoms with E-state index >= 15 is 0 Å². The third-order valence-electron chi connectivity index (χ3n) is 1.74. The maximum absolute atomic E-state index is 4.03. The molecule has 74 valence electrons. The van der Waals surface area contributed by atoms with Crippen LogP contribution in [0.4, 0.5) is 0 Å². The Morgan fingerprint density at radius 1 is 1.69 bits per heavy atom. The van der Waals surface area contributed by atoms with Crippen molar-refractivity contribution >= 4 is 11.8 Å². The fourth-order valence-corrected chi connectivity index (χ4v) is 1.95. The van der Waals surface area contributed by atoms with Crippen molar-refractivity contribution in [2.75, 3.05) is 12.3 Å². The van der Waals surface area contributed by atoms with Gasteiger partial charge in [0.25, 0.3) is 0 Å². The van der Waals surface area contributed by atoms with E-state index < -0.39 is 0 Å². The summed E-state index contributed by atoms with van der Waals surface area (Å²) in [5.74, 6) is 1.07. The average molecular weight is 200 g/mol. The maximum atomic E-state index is 4.03. The Morgan fingerprint density at radius 2 is 2.54 bits per heavy atom. The summed E-state index contributed by atoms with van der Waals surface area (Å²) >= 11 is 1.71. The number of hydrogen-bond donors (Lipinski definition) is 2. The quantitative estimate of drug-likeness (QED) is 0.679. The molecule has 0 aliphatic heterocycles. The van der Waals surface area contributed by atoms with Crippen LogP contribution in [-0.4, -0.2) is 33.5 Å². The molecule has 1 heterocycles. The summed E-state index contributed by atoms with van der Waals surface area (Å²) in [6.45, 7) is 5.36. The average Bonchev–Trinajstić information content (AvgIpc) is 2.57. The van der Waals surface area contributed by atoms with E-state index in [4.69, 9.17) is 0 Å². The van der Waals surface area contributed by atoms with Gasteiger partial charge in [0.05, 0.1) is 0 Å². The Bertz CT molecular complexity index is 212. The maximum Gasteiger partial charge on any atom is 0.183 e. The zero-order valence-electron chi connectivity index (χ0n) is 8.08. The summed E-state index contributed by atoms with van der Waals surface area (Å²) in [6, 6.07) is 0.584. The van der Waals surface area contributed by atoms with Crippen LogP contribution in [0, 0.1) is 0 Å². The number of H-pyrrole nitrogens is 1. The Morgan fingerprint density at radius 3 is 3.15 bits per heavy atom. The van der Waals surface area contributed by atoms with Crippen LogP contribution in [0.2, 0.25) is 0 Å². The molecule has 1 aromatic heterocycles. The van der Waals surface area contributed by atoms with Gasteiger partial charge in [0.1, 0.15) is 6.33 Å². The highest BCUT2D eigenvalue weighted by Gasteiger charge is 2.01. The van der Waals surface area contributed by atoms with Crippen LogP contribution in [0.15, 0.2) is 11.5 Å². The van der Waals surface area contributed by atoms with Gasteiger partial charge in [-0.05, 0) is 19.9 Å². The van der Waals surface area contributed by atoms with Gasteiger partial charge in [0, 0.05) is 11.8 Å². The minimum Gasteiger partial charge on any atom is -0.315 e. The van der Waals surface area contributed by atoms with Crippen molar-refractivity contribution in [1.29, 1.82) is 0 Å². The molecule has 0 aromatic carbocycles. The van der Waals surface area contributed by atoms with E-state index in [1.54, 1.807) is 11.8 Å². The van der Waals surface area contributed by atoms with E-state index in [0.29, 0.717) is 6.04 Å². The number of nitrogens with zero attached hydrogens (tertiary/aromatic N) is 2. The second-order valence-corrected chi connectivity index (χ2v) is 3.97. The SMILES string of the molecule is CCNC(C)CCSc1ncn[nH]1. The molecule has 0 aliphatic carbocycles. The van der Waals surface area contributed by atoms with E-state index in [0.717, 1.165) is 23.9 Å². The minimum atomic E-state index is 0.584. The summed E-state index contributed by atoms with van der Waals surface area (Å²) < 4.78 is 0. The predicted octanol–water partition coefficient (Wildman–Crippen LogP) is 1.28. The van der Waals surface area contributed by atoms with Crippen LogP contribution < -0.4 is 5.32 Å². The second-order valence-electron chi connectivity index (χ2n) is 2.89. The number of nitrogens with one attached hydrogen (secondary N) is 2. The molecule has 13 heavy (non-hydrogen) atoms. The third kappa shape index (κ3) is 4.28. The number of hydrogen-bond acceptors (Lipinski definition) is 4. The molecule has 0 radical (unpaired) electrons. The normalized spacial score (nSPS) is 13.1. The fraction of sp³-hybridized carbons (Fsp3) is 0.750. The van der Waals surface area contributed by atoms with Crippen molar-refractivity contribution < 1.29 is 0 Å². The van der Waals surface area contributed by atoms with Crippen molar-refractivity contribution in [1.82, 2.24) is 20.5 Å². The van der Waals surface area contributed by atoms with Gasteiger partial charge in [-0.15, -0.1) is 0 Å². The Balaban J connectivity index is 2.07. The van der Waals surface area contributed by atoms with Crippen LogP contribution in [0.5, 0.6) is 0 Å². The first-order chi connectivity index (χ1) is 6.33. The highest BCUT2D eigenvalue weighted by Crippen LogP contribution is 2.12. The fourth-order valence-electron chi connectivity index (χ4n) is 1.05. The molecular weight excluding hydrogens is 184 g/mol. The molecule has 0 saturated carbocycles. The lowest BCUT2D eigenvalue weighted by Crippen LogP contribution is -2.25. The van der Waals surface area contributed by atoms with E-state index in [2.05, 4.69) is 34.3 Å². The van der Waals surface area contributed by atoms with Crippen LogP contribution >= 0.6 is 11.8 Å². The van der Waals surface area contributed by atoms with Crippen molar-refractivity contribution in [2.45, 2.75) is 31.5 Å². The molecule has 1 unspecified atom stereocenters. The molecular formula is C8H16N4S. The largest absolute Gasteiger partial charge is 0.315 e. The Labute approximate surface area is 82.9 Å². The van der Waals surface area contributed by atoms with Gasteiger partial charge in [-0.2, -0.15) is 5.10 Å². The molecule has 1 atom stereocenters. The number of thioether (sulfide) groups is 1. The van der Waals surface area contributed by atoms with Crippen LogP contribution in [0.25, 0.3) is 0 Å². The first-order valence-corrected chi connectivity index (χ1v) is 5.53. The third-order valence-corrected chi connectivity index (χ3v) is 2.65. The topological polar surface area (TPSA) is 53.6 Å². The van der Waals surface area contributed by atoms with Crippen LogP contribution in [-0.2, 0) is 0 Å². The molecule has 1 aromatic rings. The van der Waals surface area contributed by atoms with Crippen LogP contribution in [0.3, 0.4) is 0 Å². The molecule has 0 saturated heterocycles. The highest BCUT2D eigenvalue weighted by atomic mass is 32.2. The first kappa shape index (κ1) is 10.5. The lowest BCUT2D eigenvalue weighted by Gasteiger charge is -2.10. The zero-order chi connectivity index (χ0) is 9.52. The summed E-state index contributed by atoms with van der Waals surface area (Å²) in [6.07, 6.45) is 2.69. The van der Waals surface area contributed by atoms with Gasteiger partial charge in [0.15, 0.2) is 5.16 Å². The summed E-state index contributed by atoms with van der Waals surface area (Å²) in [5, 5.41) is 10.9. The molecule has 2 N–H and O–H groups in total. The van der Waals surface area contributed by atoms with Crippen molar-refractivity contribution in [3.05, 3.63) is 6.33 Å². The zero-order valence-corrected chi connectivity index (χ0v) is 8.90. The van der Waals surface area contributed by atoms with Gasteiger partial charge < -0.3 is 5.32 Å². The van der Waals surface area contributed by atoms with Crippen LogP contribution in [0.1, 0.15) is 20.3 Å². The van der Waals surface area contributed by atoms with E-state index in [1.165, 1.54) is 6.33 Å². The molecule has 4 nitrogen and oxygen atoms in total. The van der Waals surface area contributed by atoms with Crippen molar-refractivity contribution in [2.24, 2.45) is 0 Å². The van der Waals surface area contributed by atoms with Gasteiger partial charge >= 0.3 is 0 Å². The molecule has 0 bridgehead atoms. The van der Waals surface area contributed by atoms with Crippen molar-refractivity contribution in [3.8, 4) is 0 Å². The molecule has 0 aliphatic rings. The summed E-state index contributed by atoms with van der Waals surface area (Å²) in [7, 11) is 0. The predicted molar refractivity (Wildman–Crippen MR) is 54.9 cm³/mol. The molecule has 0 spiro atoms. The second kappa shape index (κ2) is 5.99. The molecule has 0 fully saturated rings. The van der Waals surface area contributed by atoms with E-state index in [-0.39, 0.29) is 0 Å². The number of rotatable bonds is 6.